The second-order valence-corrected chi connectivity index (χ2v) is 15.2. The van der Waals surface area contributed by atoms with Crippen molar-refractivity contribution in [1.82, 2.24) is 0 Å². The molecule has 6 heteroatoms. The number of hydrogen-bond acceptors (Lipinski definition) is 6. The van der Waals surface area contributed by atoms with Gasteiger partial charge in [0.2, 0.25) is 0 Å². The van der Waals surface area contributed by atoms with Crippen molar-refractivity contribution < 1.29 is 19.1 Å². The molecule has 5 nitrogen and oxygen atoms in total. The molecule has 0 unspecified atom stereocenters. The van der Waals surface area contributed by atoms with Crippen molar-refractivity contribution in [2.45, 2.75) is 117 Å². The summed E-state index contributed by atoms with van der Waals surface area (Å²) in [6, 6.07) is -0.495. The smallest absolute Gasteiger partial charge is 0.309 e. The Bertz CT molecular complexity index is 891. The van der Waals surface area contributed by atoms with E-state index in [1.165, 1.54) is 32.1 Å². The van der Waals surface area contributed by atoms with Gasteiger partial charge in [0.1, 0.15) is 17.7 Å². The predicted octanol–water partition coefficient (Wildman–Crippen LogP) is 6.46. The van der Waals surface area contributed by atoms with Crippen molar-refractivity contribution >= 4 is 29.3 Å². The Balaban J connectivity index is 1.37. The maximum Gasteiger partial charge on any atom is 0.309 e. The Kier molecular flexibility index (Phi) is 9.44. The minimum absolute atomic E-state index is 0.0209. The van der Waals surface area contributed by atoms with E-state index in [4.69, 9.17) is 10.5 Å². The van der Waals surface area contributed by atoms with Crippen LogP contribution >= 0.6 is 11.8 Å². The number of esters is 1. The molecule has 0 bridgehead atoms. The molecular weight excluding hydrogens is 494 g/mol. The van der Waals surface area contributed by atoms with Crippen LogP contribution in [-0.4, -0.2) is 41.7 Å². The Morgan fingerprint density at radius 1 is 0.974 bits per heavy atom. The molecule has 0 aliphatic heterocycles. The summed E-state index contributed by atoms with van der Waals surface area (Å²) in [7, 11) is 0. The van der Waals surface area contributed by atoms with Crippen LogP contribution in [-0.2, 0) is 19.1 Å². The molecule has 0 aromatic carbocycles. The van der Waals surface area contributed by atoms with Crippen molar-refractivity contribution in [2.24, 2.45) is 58.0 Å². The summed E-state index contributed by atoms with van der Waals surface area (Å²) >= 11 is 1.69. The minimum atomic E-state index is -0.495. The molecule has 0 heterocycles. The highest BCUT2D eigenvalue weighted by atomic mass is 32.2. The van der Waals surface area contributed by atoms with Crippen LogP contribution in [0.2, 0.25) is 0 Å². The van der Waals surface area contributed by atoms with Gasteiger partial charge < -0.3 is 10.5 Å². The van der Waals surface area contributed by atoms with Crippen LogP contribution in [0.4, 0.5) is 0 Å². The van der Waals surface area contributed by atoms with Gasteiger partial charge in [-0.25, -0.2) is 0 Å². The first-order valence-electron chi connectivity index (χ1n) is 15.4. The number of hydrogen-bond donors (Lipinski definition) is 1. The standard InChI is InChI=1S/C32H53NO4S/c1-19(2)24(18-29(35)28(33)13-16-38-6)30(36)37-22-11-14-31(4)21(17-22)7-8-23-26-10-9-25(20(3)34)32(26,5)15-12-27(23)31/h19,21-28H,7-18,33H2,1-6H3/t21-,22+,23-,24-,25+,26-,27-,28-,31-,32+/m0/s1. The predicted molar refractivity (Wildman–Crippen MR) is 155 cm³/mol. The van der Waals surface area contributed by atoms with E-state index in [1.54, 1.807) is 11.8 Å². The number of ketones is 2. The maximum atomic E-state index is 13.3. The zero-order valence-electron chi connectivity index (χ0n) is 24.8. The van der Waals surface area contributed by atoms with Gasteiger partial charge in [-0.05, 0) is 124 Å². The summed E-state index contributed by atoms with van der Waals surface area (Å²) in [5.41, 5.74) is 6.61. The summed E-state index contributed by atoms with van der Waals surface area (Å²) in [6.07, 6.45) is 13.0. The van der Waals surface area contributed by atoms with Crippen molar-refractivity contribution in [3.63, 3.8) is 0 Å². The van der Waals surface area contributed by atoms with Crippen LogP contribution < -0.4 is 5.73 Å². The Labute approximate surface area is 235 Å². The van der Waals surface area contributed by atoms with Gasteiger partial charge in [-0.15, -0.1) is 0 Å². The monoisotopic (exact) mass is 547 g/mol. The second-order valence-electron chi connectivity index (χ2n) is 14.2. The molecule has 0 aromatic rings. The lowest BCUT2D eigenvalue weighted by Gasteiger charge is -2.61. The quantitative estimate of drug-likeness (QED) is 0.316. The van der Waals surface area contributed by atoms with Crippen molar-refractivity contribution in [3.8, 4) is 0 Å². The largest absolute Gasteiger partial charge is 0.462 e. The van der Waals surface area contributed by atoms with Gasteiger partial charge >= 0.3 is 5.97 Å². The van der Waals surface area contributed by atoms with Gasteiger partial charge in [0.25, 0.3) is 0 Å². The fraction of sp³-hybridized carbons (Fsp3) is 0.906. The highest BCUT2D eigenvalue weighted by Gasteiger charge is 2.61. The van der Waals surface area contributed by atoms with Crippen molar-refractivity contribution in [2.75, 3.05) is 12.0 Å². The SMILES string of the molecule is CSCC[C@H](N)C(=O)C[C@H](C(=O)O[C@@H]1CC[C@@]2(C)[C@@H](CC[C@@H]3[C@@H]2CC[C@]2(C)[C@@H](C(C)=O)CC[C@@H]32)C1)C(C)C. The van der Waals surface area contributed by atoms with Crippen LogP contribution in [0.3, 0.4) is 0 Å². The Hall–Kier alpha value is -0.880. The third-order valence-corrected chi connectivity index (χ3v) is 12.6. The van der Waals surface area contributed by atoms with Gasteiger partial charge in [0.05, 0.1) is 12.0 Å². The van der Waals surface area contributed by atoms with E-state index in [0.29, 0.717) is 29.5 Å². The van der Waals surface area contributed by atoms with Gasteiger partial charge in [0, 0.05) is 12.3 Å². The van der Waals surface area contributed by atoms with Crippen LogP contribution in [0.1, 0.15) is 105 Å². The number of ether oxygens (including phenoxy) is 1. The van der Waals surface area contributed by atoms with Crippen LogP contribution in [0.25, 0.3) is 0 Å². The van der Waals surface area contributed by atoms with Gasteiger partial charge in [-0.3, -0.25) is 14.4 Å². The van der Waals surface area contributed by atoms with Gasteiger partial charge in [-0.2, -0.15) is 11.8 Å². The Morgan fingerprint density at radius 3 is 2.32 bits per heavy atom. The van der Waals surface area contributed by atoms with E-state index in [0.717, 1.165) is 43.3 Å². The molecule has 0 radical (unpaired) electrons. The van der Waals surface area contributed by atoms with E-state index in [1.807, 2.05) is 27.0 Å². The topological polar surface area (TPSA) is 86.5 Å². The lowest BCUT2D eigenvalue weighted by Crippen LogP contribution is -2.54. The molecule has 38 heavy (non-hydrogen) atoms. The number of nitrogens with two attached hydrogens (primary N) is 1. The fourth-order valence-corrected chi connectivity index (χ4v) is 10.1. The number of carbonyl (C=O) groups is 3. The lowest BCUT2D eigenvalue weighted by atomic mass is 9.44. The molecular formula is C32H53NO4S. The Morgan fingerprint density at radius 2 is 1.66 bits per heavy atom. The molecule has 4 aliphatic carbocycles. The third-order valence-electron chi connectivity index (χ3n) is 12.0. The molecule has 0 aromatic heterocycles. The summed E-state index contributed by atoms with van der Waals surface area (Å²) in [5, 5.41) is 0. The number of rotatable bonds is 10. The number of thioether (sulfide) groups is 1. The maximum absolute atomic E-state index is 13.3. The summed E-state index contributed by atoms with van der Waals surface area (Å²) in [5.74, 6) is 3.66. The van der Waals surface area contributed by atoms with Crippen molar-refractivity contribution in [1.29, 1.82) is 0 Å². The van der Waals surface area contributed by atoms with E-state index < -0.39 is 12.0 Å². The highest BCUT2D eigenvalue weighted by molar-refractivity contribution is 7.98. The molecule has 4 rings (SSSR count). The molecule has 4 aliphatic rings. The first kappa shape index (κ1) is 30.1. The third kappa shape index (κ3) is 5.64. The summed E-state index contributed by atoms with van der Waals surface area (Å²) in [4.78, 5) is 38.5. The number of fused-ring (bicyclic) bond motifs is 5. The minimum Gasteiger partial charge on any atom is -0.462 e. The zero-order chi connectivity index (χ0) is 27.8. The molecule has 0 saturated heterocycles. The molecule has 2 N–H and O–H groups in total. The molecule has 4 fully saturated rings. The average Bonchev–Trinajstić information content (AvgIpc) is 3.23. The van der Waals surface area contributed by atoms with Crippen LogP contribution in [0.5, 0.6) is 0 Å². The fourth-order valence-electron chi connectivity index (χ4n) is 9.61. The van der Waals surface area contributed by atoms with Crippen molar-refractivity contribution in [3.05, 3.63) is 0 Å². The first-order chi connectivity index (χ1) is 17.9. The lowest BCUT2D eigenvalue weighted by molar-refractivity contribution is -0.169. The highest BCUT2D eigenvalue weighted by Crippen LogP contribution is 2.67. The summed E-state index contributed by atoms with van der Waals surface area (Å²) in [6.45, 7) is 10.8. The van der Waals surface area contributed by atoms with Crippen LogP contribution in [0, 0.1) is 52.3 Å². The molecule has 216 valence electrons. The average molecular weight is 548 g/mol. The first-order valence-corrected chi connectivity index (χ1v) is 16.8. The molecule has 10 atom stereocenters. The summed E-state index contributed by atoms with van der Waals surface area (Å²) < 4.78 is 6.16. The normalized spacial score (nSPS) is 40.0. The molecule has 0 spiro atoms. The van der Waals surface area contributed by atoms with E-state index in [2.05, 4.69) is 13.8 Å². The van der Waals surface area contributed by atoms with Gasteiger partial charge in [0.15, 0.2) is 0 Å². The zero-order valence-corrected chi connectivity index (χ0v) is 25.6. The van der Waals surface area contributed by atoms with E-state index in [9.17, 15) is 14.4 Å². The molecule has 4 saturated carbocycles. The van der Waals surface area contributed by atoms with Crippen LogP contribution in [0.15, 0.2) is 0 Å². The van der Waals surface area contributed by atoms with E-state index >= 15 is 0 Å². The number of carbonyl (C=O) groups excluding carboxylic acids is 3. The second kappa shape index (κ2) is 11.9. The van der Waals surface area contributed by atoms with Gasteiger partial charge in [-0.1, -0.05) is 27.7 Å². The molecule has 0 amide bonds. The number of Topliss-reactive ketones (excluding diaryl/α,β-unsaturated/α-hetero) is 2. The van der Waals surface area contributed by atoms with E-state index in [-0.39, 0.29) is 41.5 Å².